The molecule has 60 valence electrons. The Morgan fingerprint density at radius 2 is 1.82 bits per heavy atom. The van der Waals surface area contributed by atoms with Gasteiger partial charge in [-0.15, -0.1) is 0 Å². The second-order valence-corrected chi connectivity index (χ2v) is 1.88. The molecule has 11 heavy (non-hydrogen) atoms. The van der Waals surface area contributed by atoms with Crippen molar-refractivity contribution in [2.45, 2.75) is 0 Å². The van der Waals surface area contributed by atoms with Crippen molar-refractivity contribution in [2.24, 2.45) is 5.84 Å². The van der Waals surface area contributed by atoms with Crippen molar-refractivity contribution in [3.8, 4) is 0 Å². The van der Waals surface area contributed by atoms with Gasteiger partial charge in [0.15, 0.2) is 0 Å². The molecule has 5 heteroatoms. The summed E-state index contributed by atoms with van der Waals surface area (Å²) in [6, 6.07) is 5.72. The summed E-state index contributed by atoms with van der Waals surface area (Å²) >= 11 is 3.22. The van der Waals surface area contributed by atoms with Crippen LogP contribution in [0.2, 0.25) is 0 Å². The maximum Gasteiger partial charge on any atom is 0.289 e. The van der Waals surface area contributed by atoms with Crippen molar-refractivity contribution >= 4 is 17.9 Å². The largest absolute Gasteiger partial charge is 0.289 e. The Hall–Kier alpha value is -1.07. The fourth-order valence-corrected chi connectivity index (χ4v) is 0.313. The highest BCUT2D eigenvalue weighted by Gasteiger charge is 1.74. The van der Waals surface area contributed by atoms with Gasteiger partial charge in [-0.05, 0) is 12.1 Å². The van der Waals surface area contributed by atoms with Crippen LogP contribution in [-0.4, -0.2) is 10.2 Å². The van der Waals surface area contributed by atoms with Gasteiger partial charge >= 0.3 is 0 Å². The first-order valence-electron chi connectivity index (χ1n) is 2.82. The van der Waals surface area contributed by atoms with Gasteiger partial charge in [0.1, 0.15) is 0 Å². The van der Waals surface area contributed by atoms with Gasteiger partial charge < -0.3 is 0 Å². The van der Waals surface area contributed by atoms with E-state index in [1.807, 2.05) is 18.2 Å². The number of aromatic nitrogens is 1. The molecule has 0 fully saturated rings. The van der Waals surface area contributed by atoms with E-state index in [4.69, 9.17) is 0 Å². The number of hydrazine groups is 1. The van der Waals surface area contributed by atoms with Crippen LogP contribution in [0.25, 0.3) is 0 Å². The van der Waals surface area contributed by atoms with Gasteiger partial charge in [-0.1, -0.05) is 18.7 Å². The molecular formula is C6H9N3OS. The summed E-state index contributed by atoms with van der Waals surface area (Å²) in [4.78, 5) is 13.2. The number of nitrogens with one attached hydrogen (secondary N) is 1. The second kappa shape index (κ2) is 7.04. The van der Waals surface area contributed by atoms with Crippen molar-refractivity contribution in [1.82, 2.24) is 10.4 Å². The fraction of sp³-hybridized carbons (Fsp3) is 0. The van der Waals surface area contributed by atoms with Gasteiger partial charge in [0.05, 0.1) is 0 Å². The predicted octanol–water partition coefficient (Wildman–Crippen LogP) is 0.581. The Morgan fingerprint density at radius 3 is 1.91 bits per heavy atom. The molecular weight excluding hydrogens is 162 g/mol. The third kappa shape index (κ3) is 8.93. The van der Waals surface area contributed by atoms with Crippen LogP contribution in [0.15, 0.2) is 30.6 Å². The van der Waals surface area contributed by atoms with Gasteiger partial charge in [-0.25, -0.2) is 5.84 Å². The number of carbonyl (C=O) groups excluding carboxylic acids is 1. The van der Waals surface area contributed by atoms with E-state index in [2.05, 4.69) is 23.5 Å². The maximum absolute atomic E-state index is 9.44. The van der Waals surface area contributed by atoms with E-state index in [1.54, 1.807) is 17.8 Å². The molecule has 0 saturated heterocycles. The zero-order chi connectivity index (χ0) is 8.53. The number of thiol groups is 1. The summed E-state index contributed by atoms with van der Waals surface area (Å²) in [7, 11) is 0. The SMILES string of the molecule is NNC(=O)S.c1ccncc1. The molecule has 0 aromatic carbocycles. The van der Waals surface area contributed by atoms with Crippen molar-refractivity contribution in [3.05, 3.63) is 30.6 Å². The molecule has 0 spiro atoms. The van der Waals surface area contributed by atoms with E-state index in [-0.39, 0.29) is 0 Å². The van der Waals surface area contributed by atoms with Gasteiger partial charge in [-0.2, -0.15) is 0 Å². The zero-order valence-corrected chi connectivity index (χ0v) is 6.66. The van der Waals surface area contributed by atoms with E-state index < -0.39 is 5.24 Å². The second-order valence-electron chi connectivity index (χ2n) is 1.47. The highest BCUT2D eigenvalue weighted by atomic mass is 32.1. The molecule has 0 atom stereocenters. The van der Waals surface area contributed by atoms with Crippen molar-refractivity contribution in [1.29, 1.82) is 0 Å². The number of hydrogen-bond donors (Lipinski definition) is 3. The molecule has 3 N–H and O–H groups in total. The lowest BCUT2D eigenvalue weighted by Crippen LogP contribution is -2.23. The fourth-order valence-electron chi connectivity index (χ4n) is 0.313. The van der Waals surface area contributed by atoms with Crippen LogP contribution in [0, 0.1) is 0 Å². The Morgan fingerprint density at radius 1 is 1.36 bits per heavy atom. The van der Waals surface area contributed by atoms with Gasteiger partial charge in [-0.3, -0.25) is 15.2 Å². The molecule has 0 bridgehead atoms. The number of pyridine rings is 1. The molecule has 1 amide bonds. The molecule has 0 saturated carbocycles. The topological polar surface area (TPSA) is 68.0 Å². The number of rotatable bonds is 0. The van der Waals surface area contributed by atoms with Crippen LogP contribution >= 0.6 is 12.6 Å². The lowest BCUT2D eigenvalue weighted by molar-refractivity contribution is 0.261. The van der Waals surface area contributed by atoms with Crippen LogP contribution in [0.1, 0.15) is 0 Å². The minimum Gasteiger partial charge on any atom is -0.285 e. The highest BCUT2D eigenvalue weighted by molar-refractivity contribution is 7.96. The molecule has 1 aromatic rings. The number of carbonyl (C=O) groups is 1. The molecule has 0 aliphatic heterocycles. The van der Waals surface area contributed by atoms with Crippen molar-refractivity contribution in [3.63, 3.8) is 0 Å². The predicted molar refractivity (Wildman–Crippen MR) is 45.9 cm³/mol. The monoisotopic (exact) mass is 171 g/mol. The first kappa shape index (κ1) is 9.93. The van der Waals surface area contributed by atoms with Crippen LogP contribution in [-0.2, 0) is 0 Å². The first-order valence-corrected chi connectivity index (χ1v) is 3.26. The summed E-state index contributed by atoms with van der Waals surface area (Å²) < 4.78 is 0. The molecule has 1 rings (SSSR count). The van der Waals surface area contributed by atoms with Crippen molar-refractivity contribution in [2.75, 3.05) is 0 Å². The Balaban J connectivity index is 0.000000187. The summed E-state index contributed by atoms with van der Waals surface area (Å²) in [5, 5.41) is -0.523. The third-order valence-electron chi connectivity index (χ3n) is 0.690. The Bertz CT molecular complexity index is 166. The first-order chi connectivity index (χ1) is 5.27. The average Bonchev–Trinajstić information content (AvgIpc) is 2.09. The van der Waals surface area contributed by atoms with Crippen molar-refractivity contribution < 1.29 is 4.79 Å². The Labute approximate surface area is 70.2 Å². The van der Waals surface area contributed by atoms with Crippen LogP contribution in [0.3, 0.4) is 0 Å². The van der Waals surface area contributed by atoms with Crippen LogP contribution in [0.4, 0.5) is 4.79 Å². The van der Waals surface area contributed by atoms with Gasteiger partial charge in [0.2, 0.25) is 0 Å². The molecule has 0 aliphatic carbocycles. The summed E-state index contributed by atoms with van der Waals surface area (Å²) in [5.74, 6) is 4.50. The van der Waals surface area contributed by atoms with E-state index >= 15 is 0 Å². The minimum absolute atomic E-state index is 0.523. The number of nitrogens with zero attached hydrogens (tertiary/aromatic N) is 1. The molecule has 0 unspecified atom stereocenters. The smallest absolute Gasteiger partial charge is 0.285 e. The average molecular weight is 171 g/mol. The number of hydrogen-bond acceptors (Lipinski definition) is 3. The number of nitrogens with two attached hydrogens (primary N) is 1. The quantitative estimate of drug-likeness (QED) is 0.231. The van der Waals surface area contributed by atoms with E-state index in [0.717, 1.165) is 0 Å². The van der Waals surface area contributed by atoms with Gasteiger partial charge in [0, 0.05) is 12.4 Å². The third-order valence-corrected chi connectivity index (χ3v) is 0.819. The molecule has 4 nitrogen and oxygen atoms in total. The van der Waals surface area contributed by atoms with Crippen LogP contribution in [0.5, 0.6) is 0 Å². The molecule has 0 aliphatic rings. The summed E-state index contributed by atoms with van der Waals surface area (Å²) in [6.45, 7) is 0. The Kier molecular flexibility index (Phi) is 6.36. The van der Waals surface area contributed by atoms with E-state index in [0.29, 0.717) is 0 Å². The maximum atomic E-state index is 9.44. The summed E-state index contributed by atoms with van der Waals surface area (Å²) in [6.07, 6.45) is 3.50. The van der Waals surface area contributed by atoms with Crippen LogP contribution < -0.4 is 11.3 Å². The zero-order valence-electron chi connectivity index (χ0n) is 5.77. The van der Waals surface area contributed by atoms with E-state index in [9.17, 15) is 4.79 Å². The molecule has 0 radical (unpaired) electrons. The highest BCUT2D eigenvalue weighted by Crippen LogP contribution is 1.73. The molecule has 1 aromatic heterocycles. The minimum atomic E-state index is -0.523. The standard InChI is InChI=1S/C5H5N.CH4N2OS/c1-2-4-6-5-3-1;2-3-1(4)5/h1-5H;2H2,(H2,3,4,5). The summed E-state index contributed by atoms with van der Waals surface area (Å²) in [5.41, 5.74) is 1.75. The lowest BCUT2D eigenvalue weighted by Gasteiger charge is -1.79. The van der Waals surface area contributed by atoms with E-state index in [1.165, 1.54) is 0 Å². The number of amides is 1. The normalized spacial score (nSPS) is 7.45. The molecule has 1 heterocycles. The lowest BCUT2D eigenvalue weighted by atomic mass is 10.5. The van der Waals surface area contributed by atoms with Gasteiger partial charge in [0.25, 0.3) is 5.24 Å².